The number of hydrogen-bond donors (Lipinski definition) is 4. The van der Waals surface area contributed by atoms with E-state index >= 15 is 0 Å². The zero-order chi connectivity index (χ0) is 16.9. The molecule has 3 heterocycles. The van der Waals surface area contributed by atoms with E-state index in [0.29, 0.717) is 17.4 Å². The SMILES string of the molecule is N#C[C@@]1(c2ccc3c(NC4CC4)ncnn23)O[C@H](CO)[C@@H](O)[C@H]1O. The van der Waals surface area contributed by atoms with Gasteiger partial charge in [0.15, 0.2) is 5.82 Å². The van der Waals surface area contributed by atoms with Gasteiger partial charge in [-0.25, -0.2) is 9.50 Å². The lowest BCUT2D eigenvalue weighted by Gasteiger charge is -2.24. The molecule has 1 aliphatic heterocycles. The van der Waals surface area contributed by atoms with Crippen molar-refractivity contribution in [3.8, 4) is 6.07 Å². The molecule has 24 heavy (non-hydrogen) atoms. The molecule has 2 aliphatic rings. The Morgan fingerprint density at radius 2 is 2.21 bits per heavy atom. The van der Waals surface area contributed by atoms with Crippen molar-refractivity contribution in [1.29, 1.82) is 5.26 Å². The molecule has 1 saturated carbocycles. The van der Waals surface area contributed by atoms with Gasteiger partial charge in [0, 0.05) is 6.04 Å². The highest BCUT2D eigenvalue weighted by Gasteiger charge is 2.57. The van der Waals surface area contributed by atoms with Crippen molar-refractivity contribution in [3.05, 3.63) is 24.2 Å². The van der Waals surface area contributed by atoms with Crippen molar-refractivity contribution in [3.63, 3.8) is 0 Å². The molecular weight excluding hydrogens is 314 g/mol. The van der Waals surface area contributed by atoms with Crippen LogP contribution in [0.2, 0.25) is 0 Å². The number of ether oxygens (including phenoxy) is 1. The summed E-state index contributed by atoms with van der Waals surface area (Å²) >= 11 is 0. The molecule has 0 radical (unpaired) electrons. The Bertz CT molecular complexity index is 814. The summed E-state index contributed by atoms with van der Waals surface area (Å²) in [5, 5.41) is 46.8. The van der Waals surface area contributed by atoms with E-state index in [2.05, 4.69) is 15.4 Å². The van der Waals surface area contributed by atoms with Crippen LogP contribution in [0, 0.1) is 11.3 Å². The fourth-order valence-electron chi connectivity index (χ4n) is 3.08. The number of fused-ring (bicyclic) bond motifs is 1. The van der Waals surface area contributed by atoms with Gasteiger partial charge in [-0.2, -0.15) is 10.4 Å². The molecule has 0 amide bonds. The Morgan fingerprint density at radius 3 is 2.83 bits per heavy atom. The molecule has 0 aromatic carbocycles. The van der Waals surface area contributed by atoms with E-state index in [0.717, 1.165) is 12.8 Å². The molecule has 0 unspecified atom stereocenters. The van der Waals surface area contributed by atoms with E-state index < -0.39 is 30.5 Å². The summed E-state index contributed by atoms with van der Waals surface area (Å²) in [6.07, 6.45) is -0.404. The van der Waals surface area contributed by atoms with Crippen LogP contribution in [-0.2, 0) is 10.3 Å². The number of aromatic nitrogens is 3. The van der Waals surface area contributed by atoms with Gasteiger partial charge in [-0.15, -0.1) is 0 Å². The van der Waals surface area contributed by atoms with Crippen LogP contribution in [0.25, 0.3) is 5.52 Å². The van der Waals surface area contributed by atoms with E-state index in [-0.39, 0.29) is 5.69 Å². The maximum Gasteiger partial charge on any atom is 0.225 e. The predicted octanol–water partition coefficient (Wildman–Crippen LogP) is -0.865. The predicted molar refractivity (Wildman–Crippen MR) is 80.9 cm³/mol. The molecular formula is C15H17N5O4. The third kappa shape index (κ3) is 2.08. The van der Waals surface area contributed by atoms with E-state index in [9.17, 15) is 20.6 Å². The molecule has 4 atom stereocenters. The highest BCUT2D eigenvalue weighted by Crippen LogP contribution is 2.40. The third-order valence-corrected chi connectivity index (χ3v) is 4.55. The molecule has 1 saturated heterocycles. The normalized spacial score (nSPS) is 32.8. The lowest BCUT2D eigenvalue weighted by molar-refractivity contribution is -0.0643. The number of nitriles is 1. The maximum absolute atomic E-state index is 10.4. The van der Waals surface area contributed by atoms with E-state index in [1.807, 2.05) is 6.07 Å². The van der Waals surface area contributed by atoms with Crippen LogP contribution >= 0.6 is 0 Å². The number of nitrogens with one attached hydrogen (secondary N) is 1. The van der Waals surface area contributed by atoms with Gasteiger partial charge in [-0.1, -0.05) is 0 Å². The van der Waals surface area contributed by atoms with Crippen molar-refractivity contribution >= 4 is 11.3 Å². The minimum Gasteiger partial charge on any atom is -0.394 e. The van der Waals surface area contributed by atoms with Crippen LogP contribution in [0.3, 0.4) is 0 Å². The minimum atomic E-state index is -1.82. The monoisotopic (exact) mass is 331 g/mol. The quantitative estimate of drug-likeness (QED) is 0.568. The first-order valence-electron chi connectivity index (χ1n) is 7.76. The van der Waals surface area contributed by atoms with Crippen molar-refractivity contribution in [2.75, 3.05) is 11.9 Å². The van der Waals surface area contributed by atoms with Crippen LogP contribution in [-0.4, -0.2) is 60.9 Å². The van der Waals surface area contributed by atoms with Gasteiger partial charge in [0.25, 0.3) is 0 Å². The van der Waals surface area contributed by atoms with Crippen molar-refractivity contribution in [2.24, 2.45) is 0 Å². The van der Waals surface area contributed by atoms with Crippen LogP contribution in [0.5, 0.6) is 0 Å². The largest absolute Gasteiger partial charge is 0.394 e. The van der Waals surface area contributed by atoms with E-state index in [1.54, 1.807) is 12.1 Å². The Morgan fingerprint density at radius 1 is 1.42 bits per heavy atom. The van der Waals surface area contributed by atoms with Gasteiger partial charge in [-0.3, -0.25) is 0 Å². The molecule has 126 valence electrons. The van der Waals surface area contributed by atoms with Gasteiger partial charge >= 0.3 is 0 Å². The lowest BCUT2D eigenvalue weighted by atomic mass is 9.92. The first-order chi connectivity index (χ1) is 11.6. The second-order valence-electron chi connectivity index (χ2n) is 6.16. The van der Waals surface area contributed by atoms with Gasteiger partial charge in [0.1, 0.15) is 36.2 Å². The number of aliphatic hydroxyl groups is 3. The van der Waals surface area contributed by atoms with Crippen molar-refractivity contribution in [2.45, 2.75) is 42.8 Å². The summed E-state index contributed by atoms with van der Waals surface area (Å²) in [6.45, 7) is -0.506. The molecule has 2 aromatic heterocycles. The van der Waals surface area contributed by atoms with Crippen LogP contribution in [0.4, 0.5) is 5.82 Å². The van der Waals surface area contributed by atoms with Gasteiger partial charge in [0.2, 0.25) is 5.60 Å². The van der Waals surface area contributed by atoms with Crippen LogP contribution in [0.1, 0.15) is 18.5 Å². The number of rotatable bonds is 4. The molecule has 9 heteroatoms. The van der Waals surface area contributed by atoms with Crippen LogP contribution < -0.4 is 5.32 Å². The highest BCUT2D eigenvalue weighted by atomic mass is 16.6. The van der Waals surface area contributed by atoms with Crippen LogP contribution in [0.15, 0.2) is 18.5 Å². The fraction of sp³-hybridized carbons (Fsp3) is 0.533. The molecule has 9 nitrogen and oxygen atoms in total. The standard InChI is InChI=1S/C15H17N5O4/c16-6-15(13(23)12(22)10(5-21)24-15)11-4-3-9-14(19-8-1-2-8)17-7-18-20(9)11/h3-4,7-8,10,12-13,21-23H,1-2,5H2,(H,17,18,19)/t10-,12-,13-,15+/m1/s1. The number of hydrogen-bond acceptors (Lipinski definition) is 8. The summed E-state index contributed by atoms with van der Waals surface area (Å²) in [5.41, 5.74) is -0.889. The Kier molecular flexibility index (Phi) is 3.43. The van der Waals surface area contributed by atoms with Crippen molar-refractivity contribution in [1.82, 2.24) is 14.6 Å². The summed E-state index contributed by atoms with van der Waals surface area (Å²) in [4.78, 5) is 4.22. The Labute approximate surface area is 137 Å². The third-order valence-electron chi connectivity index (χ3n) is 4.55. The lowest BCUT2D eigenvalue weighted by Crippen LogP contribution is -2.40. The molecule has 4 rings (SSSR count). The summed E-state index contributed by atoms with van der Waals surface area (Å²) < 4.78 is 7.01. The fourth-order valence-corrected chi connectivity index (χ4v) is 3.08. The zero-order valence-corrected chi connectivity index (χ0v) is 12.7. The Balaban J connectivity index is 1.82. The number of aliphatic hydroxyl groups excluding tert-OH is 3. The molecule has 2 fully saturated rings. The summed E-state index contributed by atoms with van der Waals surface area (Å²) in [5.74, 6) is 0.638. The average Bonchev–Trinajstić information content (AvgIpc) is 3.24. The van der Waals surface area contributed by atoms with Gasteiger partial charge < -0.3 is 25.4 Å². The summed E-state index contributed by atoms with van der Waals surface area (Å²) in [6, 6.07) is 5.68. The van der Waals surface area contributed by atoms with Gasteiger partial charge in [0.05, 0.1) is 12.3 Å². The van der Waals surface area contributed by atoms with Crippen molar-refractivity contribution < 1.29 is 20.1 Å². The second kappa shape index (κ2) is 5.39. The first-order valence-corrected chi connectivity index (χ1v) is 7.76. The first kappa shape index (κ1) is 15.3. The highest BCUT2D eigenvalue weighted by molar-refractivity contribution is 5.69. The number of nitrogens with zero attached hydrogens (tertiary/aromatic N) is 4. The maximum atomic E-state index is 10.4. The topological polar surface area (TPSA) is 136 Å². The summed E-state index contributed by atoms with van der Waals surface area (Å²) in [7, 11) is 0. The molecule has 0 spiro atoms. The Hall–Kier alpha value is -2.25. The molecule has 2 aromatic rings. The zero-order valence-electron chi connectivity index (χ0n) is 12.7. The average molecular weight is 331 g/mol. The molecule has 0 bridgehead atoms. The molecule has 1 aliphatic carbocycles. The smallest absolute Gasteiger partial charge is 0.225 e. The number of anilines is 1. The van der Waals surface area contributed by atoms with E-state index in [1.165, 1.54) is 10.8 Å². The van der Waals surface area contributed by atoms with Gasteiger partial charge in [-0.05, 0) is 25.0 Å². The minimum absolute atomic E-state index is 0.281. The van der Waals surface area contributed by atoms with E-state index in [4.69, 9.17) is 4.74 Å². The second-order valence-corrected chi connectivity index (χ2v) is 6.16. The molecule has 4 N–H and O–H groups in total.